The summed E-state index contributed by atoms with van der Waals surface area (Å²) in [5.74, 6) is -0.0306. The van der Waals surface area contributed by atoms with Gasteiger partial charge in [0.1, 0.15) is 0 Å². The molecule has 0 aliphatic carbocycles. The zero-order valence-corrected chi connectivity index (χ0v) is 13.9. The van der Waals surface area contributed by atoms with E-state index in [1.165, 1.54) is 11.5 Å². The molecule has 0 saturated heterocycles. The highest BCUT2D eigenvalue weighted by molar-refractivity contribution is 7.13. The van der Waals surface area contributed by atoms with Gasteiger partial charge in [0.05, 0.1) is 4.70 Å². The normalized spacial score (nSPS) is 13.9. The zero-order chi connectivity index (χ0) is 16.7. The summed E-state index contributed by atoms with van der Waals surface area (Å²) in [4.78, 5) is 26.0. The van der Waals surface area contributed by atoms with Crippen LogP contribution in [0.1, 0.15) is 22.3 Å². The Labute approximate surface area is 143 Å². The lowest BCUT2D eigenvalue weighted by molar-refractivity contribution is -0.118. The summed E-state index contributed by atoms with van der Waals surface area (Å²) in [6.07, 6.45) is 2.93. The molecule has 0 saturated carbocycles. The molecule has 0 radical (unpaired) electrons. The molecule has 1 aliphatic heterocycles. The number of nitrogens with zero attached hydrogens (tertiary/aromatic N) is 2. The van der Waals surface area contributed by atoms with Gasteiger partial charge < -0.3 is 10.2 Å². The summed E-state index contributed by atoms with van der Waals surface area (Å²) in [6, 6.07) is 11.3. The van der Waals surface area contributed by atoms with Gasteiger partial charge in [0.25, 0.3) is 5.91 Å². The minimum atomic E-state index is -0.152. The highest BCUT2D eigenvalue weighted by Crippen LogP contribution is 2.30. The Bertz CT molecular complexity index is 964. The lowest BCUT2D eigenvalue weighted by atomic mass is 10.0. The average Bonchev–Trinajstić information content (AvgIpc) is 3.07. The predicted molar refractivity (Wildman–Crippen MR) is 95.7 cm³/mol. The number of amides is 2. The number of fused-ring (bicyclic) bond motifs is 2. The molecule has 4 rings (SSSR count). The van der Waals surface area contributed by atoms with Crippen molar-refractivity contribution in [2.45, 2.75) is 12.8 Å². The summed E-state index contributed by atoms with van der Waals surface area (Å²) in [7, 11) is 1.78. The largest absolute Gasteiger partial charge is 0.322 e. The standard InChI is InChI=1S/C18H15N3O2S/c1-21-15-7-6-12(9-11(15)5-8-17(21)22)20-18(23)13-3-2-4-16-14(13)10-19-24-16/h2-4,6-7,9-10H,5,8H2,1H3,(H,20,23). The first kappa shape index (κ1) is 14.8. The van der Waals surface area contributed by atoms with Crippen LogP contribution in [0.2, 0.25) is 0 Å². The van der Waals surface area contributed by atoms with E-state index in [2.05, 4.69) is 9.69 Å². The van der Waals surface area contributed by atoms with Gasteiger partial charge in [-0.15, -0.1) is 0 Å². The van der Waals surface area contributed by atoms with E-state index in [1.54, 1.807) is 24.2 Å². The number of benzene rings is 2. The van der Waals surface area contributed by atoms with Crippen LogP contribution in [-0.4, -0.2) is 23.2 Å². The lowest BCUT2D eigenvalue weighted by Crippen LogP contribution is -2.31. The molecule has 2 amide bonds. The summed E-state index contributed by atoms with van der Waals surface area (Å²) in [6.45, 7) is 0. The minimum absolute atomic E-state index is 0.121. The van der Waals surface area contributed by atoms with Crippen molar-refractivity contribution >= 4 is 44.8 Å². The van der Waals surface area contributed by atoms with Crippen molar-refractivity contribution < 1.29 is 9.59 Å². The Morgan fingerprint density at radius 3 is 3.00 bits per heavy atom. The molecule has 6 heteroatoms. The summed E-state index contributed by atoms with van der Waals surface area (Å²) in [5, 5.41) is 3.81. The molecule has 120 valence electrons. The van der Waals surface area contributed by atoms with Crippen LogP contribution in [-0.2, 0) is 11.2 Å². The van der Waals surface area contributed by atoms with E-state index in [1.807, 2.05) is 30.3 Å². The highest BCUT2D eigenvalue weighted by atomic mass is 32.1. The Balaban J connectivity index is 1.63. The highest BCUT2D eigenvalue weighted by Gasteiger charge is 2.21. The van der Waals surface area contributed by atoms with E-state index in [0.29, 0.717) is 18.4 Å². The molecule has 0 unspecified atom stereocenters. The second-order valence-corrected chi connectivity index (χ2v) is 6.63. The number of carbonyl (C=O) groups is 2. The maximum atomic E-state index is 12.6. The van der Waals surface area contributed by atoms with Gasteiger partial charge in [0.2, 0.25) is 5.91 Å². The number of hydrogen-bond donors (Lipinski definition) is 1. The second-order valence-electron chi connectivity index (χ2n) is 5.79. The molecular formula is C18H15N3O2S. The summed E-state index contributed by atoms with van der Waals surface area (Å²) < 4.78 is 5.14. The van der Waals surface area contributed by atoms with Crippen molar-refractivity contribution in [2.75, 3.05) is 17.3 Å². The molecule has 2 aromatic carbocycles. The molecule has 1 aromatic heterocycles. The van der Waals surface area contributed by atoms with E-state index in [0.717, 1.165) is 27.0 Å². The average molecular weight is 337 g/mol. The van der Waals surface area contributed by atoms with Crippen LogP contribution >= 0.6 is 11.5 Å². The van der Waals surface area contributed by atoms with Gasteiger partial charge in [-0.2, -0.15) is 4.37 Å². The molecule has 3 aromatic rings. The zero-order valence-electron chi connectivity index (χ0n) is 13.1. The fourth-order valence-electron chi connectivity index (χ4n) is 3.02. The van der Waals surface area contributed by atoms with Crippen LogP contribution in [0.15, 0.2) is 42.6 Å². The molecule has 0 bridgehead atoms. The van der Waals surface area contributed by atoms with Crippen LogP contribution in [0.25, 0.3) is 10.1 Å². The molecule has 24 heavy (non-hydrogen) atoms. The van der Waals surface area contributed by atoms with Crippen LogP contribution in [0.4, 0.5) is 11.4 Å². The second kappa shape index (κ2) is 5.72. The van der Waals surface area contributed by atoms with Gasteiger partial charge in [-0.05, 0) is 53.8 Å². The maximum absolute atomic E-state index is 12.6. The van der Waals surface area contributed by atoms with E-state index in [9.17, 15) is 9.59 Å². The number of aromatic nitrogens is 1. The third-order valence-electron chi connectivity index (χ3n) is 4.32. The van der Waals surface area contributed by atoms with Crippen molar-refractivity contribution in [1.29, 1.82) is 0 Å². The molecule has 0 fully saturated rings. The van der Waals surface area contributed by atoms with Gasteiger partial charge in [-0.25, -0.2) is 0 Å². The van der Waals surface area contributed by atoms with E-state index in [4.69, 9.17) is 0 Å². The van der Waals surface area contributed by atoms with Gasteiger partial charge in [-0.1, -0.05) is 6.07 Å². The molecular weight excluding hydrogens is 322 g/mol. The van der Waals surface area contributed by atoms with Gasteiger partial charge >= 0.3 is 0 Å². The third kappa shape index (κ3) is 2.45. The number of hydrogen-bond acceptors (Lipinski definition) is 4. The van der Waals surface area contributed by atoms with Gasteiger partial charge in [-0.3, -0.25) is 9.59 Å². The SMILES string of the molecule is CN1C(=O)CCc2cc(NC(=O)c3cccc4sncc34)ccc21. The first-order chi connectivity index (χ1) is 11.6. The smallest absolute Gasteiger partial charge is 0.256 e. The number of rotatable bonds is 2. The maximum Gasteiger partial charge on any atom is 0.256 e. The van der Waals surface area contributed by atoms with Crippen LogP contribution in [0, 0.1) is 0 Å². The van der Waals surface area contributed by atoms with Crippen LogP contribution in [0.3, 0.4) is 0 Å². The van der Waals surface area contributed by atoms with Crippen molar-refractivity contribution in [1.82, 2.24) is 4.37 Å². The first-order valence-electron chi connectivity index (χ1n) is 7.68. The quantitative estimate of drug-likeness (QED) is 0.779. The fraction of sp³-hybridized carbons (Fsp3) is 0.167. The van der Waals surface area contributed by atoms with E-state index >= 15 is 0 Å². The number of carbonyl (C=O) groups excluding carboxylic acids is 2. The Morgan fingerprint density at radius 2 is 2.12 bits per heavy atom. The predicted octanol–water partition coefficient (Wildman–Crippen LogP) is 3.46. The topological polar surface area (TPSA) is 62.3 Å². The number of nitrogens with one attached hydrogen (secondary N) is 1. The summed E-state index contributed by atoms with van der Waals surface area (Å²) in [5.41, 5.74) is 3.34. The molecule has 0 spiro atoms. The van der Waals surface area contributed by atoms with Crippen LogP contribution < -0.4 is 10.2 Å². The number of anilines is 2. The van der Waals surface area contributed by atoms with Crippen molar-refractivity contribution in [3.63, 3.8) is 0 Å². The van der Waals surface area contributed by atoms with Crippen molar-refractivity contribution in [3.8, 4) is 0 Å². The monoisotopic (exact) mass is 337 g/mol. The van der Waals surface area contributed by atoms with Gasteiger partial charge in [0, 0.05) is 42.0 Å². The third-order valence-corrected chi connectivity index (χ3v) is 5.09. The molecule has 1 aliphatic rings. The molecule has 1 N–H and O–H groups in total. The van der Waals surface area contributed by atoms with E-state index < -0.39 is 0 Å². The number of aryl methyl sites for hydroxylation is 1. The van der Waals surface area contributed by atoms with Crippen molar-refractivity contribution in [3.05, 3.63) is 53.7 Å². The molecule has 5 nitrogen and oxygen atoms in total. The Hall–Kier alpha value is -2.73. The fourth-order valence-corrected chi connectivity index (χ4v) is 3.70. The molecule has 2 heterocycles. The van der Waals surface area contributed by atoms with E-state index in [-0.39, 0.29) is 11.8 Å². The van der Waals surface area contributed by atoms with Gasteiger partial charge in [0.15, 0.2) is 0 Å². The lowest BCUT2D eigenvalue weighted by Gasteiger charge is -2.26. The summed E-state index contributed by atoms with van der Waals surface area (Å²) >= 11 is 1.38. The van der Waals surface area contributed by atoms with Crippen molar-refractivity contribution in [2.24, 2.45) is 0 Å². The Morgan fingerprint density at radius 1 is 1.25 bits per heavy atom. The Kier molecular flexibility index (Phi) is 3.54. The first-order valence-corrected chi connectivity index (χ1v) is 8.45. The molecule has 0 atom stereocenters. The minimum Gasteiger partial charge on any atom is -0.322 e. The van der Waals surface area contributed by atoms with Crippen LogP contribution in [0.5, 0.6) is 0 Å².